The van der Waals surface area contributed by atoms with Crippen LogP contribution in [-0.4, -0.2) is 45.7 Å². The van der Waals surface area contributed by atoms with E-state index in [1.807, 2.05) is 36.4 Å². The summed E-state index contributed by atoms with van der Waals surface area (Å²) in [6.45, 7) is 3.16. The summed E-state index contributed by atoms with van der Waals surface area (Å²) in [5.74, 6) is 0.608. The van der Waals surface area contributed by atoms with Crippen LogP contribution < -0.4 is 21.3 Å². The maximum absolute atomic E-state index is 14.8. The van der Waals surface area contributed by atoms with Crippen molar-refractivity contribution in [3.8, 4) is 11.3 Å². The van der Waals surface area contributed by atoms with E-state index in [0.717, 1.165) is 18.4 Å². The molecule has 0 bridgehead atoms. The third kappa shape index (κ3) is 4.66. The van der Waals surface area contributed by atoms with Gasteiger partial charge >= 0.3 is 0 Å². The first-order valence-corrected chi connectivity index (χ1v) is 12.0. The van der Waals surface area contributed by atoms with Crippen molar-refractivity contribution in [3.05, 3.63) is 59.9 Å². The fraction of sp³-hybridized carbons (Fsp3) is 0.308. The van der Waals surface area contributed by atoms with Crippen LogP contribution in [0.2, 0.25) is 0 Å². The van der Waals surface area contributed by atoms with Crippen molar-refractivity contribution >= 4 is 34.4 Å². The molecule has 186 valence electrons. The minimum Gasteiger partial charge on any atom is -0.382 e. The number of nitrogens with zero attached hydrogens (tertiary/aromatic N) is 4. The van der Waals surface area contributed by atoms with Gasteiger partial charge in [-0.25, -0.2) is 9.37 Å². The minimum atomic E-state index is -0.471. The molecular weight excluding hydrogens is 459 g/mol. The van der Waals surface area contributed by atoms with Crippen LogP contribution in [0.25, 0.3) is 22.2 Å². The normalized spacial score (nSPS) is 17.8. The molecule has 1 aliphatic rings. The molecule has 1 aliphatic heterocycles. The zero-order valence-corrected chi connectivity index (χ0v) is 20.3. The fourth-order valence-corrected chi connectivity index (χ4v) is 4.69. The lowest BCUT2D eigenvalue weighted by Crippen LogP contribution is -2.47. The number of rotatable bonds is 6. The van der Waals surface area contributed by atoms with Crippen molar-refractivity contribution in [2.24, 2.45) is 5.92 Å². The first kappa shape index (κ1) is 23.5. The van der Waals surface area contributed by atoms with E-state index in [0.29, 0.717) is 41.6 Å². The monoisotopic (exact) mass is 488 g/mol. The number of aromatic nitrogens is 4. The molecule has 0 saturated carbocycles. The third-order valence-electron chi connectivity index (χ3n) is 6.73. The van der Waals surface area contributed by atoms with E-state index in [1.165, 1.54) is 6.07 Å². The summed E-state index contributed by atoms with van der Waals surface area (Å²) in [5.41, 5.74) is 8.47. The number of hydrogen-bond donors (Lipinski definition) is 4. The zero-order valence-electron chi connectivity index (χ0n) is 20.3. The number of hydrogen-bond acceptors (Lipinski definition) is 7. The van der Waals surface area contributed by atoms with Gasteiger partial charge in [-0.15, -0.1) is 0 Å². The molecule has 1 fully saturated rings. The Morgan fingerprint density at radius 3 is 2.78 bits per heavy atom. The SMILES string of the molecule is CNc1nc(-c2cc(F)c3c(N)n[nH]c3c2)cc(N2CC(C(=O)NCc3ccccc3)CCC2C)n1. The predicted octanol–water partition coefficient (Wildman–Crippen LogP) is 3.70. The smallest absolute Gasteiger partial charge is 0.225 e. The average molecular weight is 489 g/mol. The number of nitrogen functional groups attached to an aromatic ring is 1. The maximum atomic E-state index is 14.8. The predicted molar refractivity (Wildman–Crippen MR) is 139 cm³/mol. The molecule has 5 rings (SSSR count). The van der Waals surface area contributed by atoms with Crippen molar-refractivity contribution in [1.29, 1.82) is 0 Å². The Kier molecular flexibility index (Phi) is 6.41. The number of amides is 1. The summed E-state index contributed by atoms with van der Waals surface area (Å²) in [7, 11) is 1.74. The Morgan fingerprint density at radius 2 is 2.00 bits per heavy atom. The number of nitrogens with two attached hydrogens (primary N) is 1. The van der Waals surface area contributed by atoms with Crippen LogP contribution in [0.5, 0.6) is 0 Å². The highest BCUT2D eigenvalue weighted by molar-refractivity contribution is 5.92. The summed E-state index contributed by atoms with van der Waals surface area (Å²) in [6, 6.07) is 15.1. The molecule has 3 heterocycles. The van der Waals surface area contributed by atoms with Crippen LogP contribution in [-0.2, 0) is 11.3 Å². The van der Waals surface area contributed by atoms with Gasteiger partial charge in [0.05, 0.1) is 22.5 Å². The van der Waals surface area contributed by atoms with Crippen LogP contribution in [0.1, 0.15) is 25.3 Å². The second-order valence-electron chi connectivity index (χ2n) is 9.15. The molecule has 10 heteroatoms. The van der Waals surface area contributed by atoms with Crippen molar-refractivity contribution in [3.63, 3.8) is 0 Å². The molecule has 1 saturated heterocycles. The first-order valence-electron chi connectivity index (χ1n) is 12.0. The molecule has 2 aromatic heterocycles. The number of halogens is 1. The molecule has 0 radical (unpaired) electrons. The second-order valence-corrected chi connectivity index (χ2v) is 9.15. The van der Waals surface area contributed by atoms with Crippen molar-refractivity contribution in [2.75, 3.05) is 29.5 Å². The van der Waals surface area contributed by atoms with Gasteiger partial charge in [-0.05, 0) is 37.5 Å². The molecule has 5 N–H and O–H groups in total. The highest BCUT2D eigenvalue weighted by atomic mass is 19.1. The molecule has 2 aromatic carbocycles. The quantitative estimate of drug-likeness (QED) is 0.326. The summed E-state index contributed by atoms with van der Waals surface area (Å²) < 4.78 is 14.8. The number of benzene rings is 2. The first-order chi connectivity index (χ1) is 17.4. The largest absolute Gasteiger partial charge is 0.382 e. The van der Waals surface area contributed by atoms with Gasteiger partial charge < -0.3 is 21.3 Å². The molecule has 0 spiro atoms. The highest BCUT2D eigenvalue weighted by Crippen LogP contribution is 2.32. The molecule has 36 heavy (non-hydrogen) atoms. The van der Waals surface area contributed by atoms with Gasteiger partial charge in [0.25, 0.3) is 0 Å². The Labute approximate surface area is 208 Å². The Morgan fingerprint density at radius 1 is 1.19 bits per heavy atom. The topological polar surface area (TPSA) is 125 Å². The van der Waals surface area contributed by atoms with Gasteiger partial charge in [0.2, 0.25) is 11.9 Å². The number of nitrogens with one attached hydrogen (secondary N) is 3. The minimum absolute atomic E-state index is 0.0308. The number of H-pyrrole nitrogens is 1. The molecule has 2 atom stereocenters. The van der Waals surface area contributed by atoms with Gasteiger partial charge in [-0.2, -0.15) is 10.1 Å². The van der Waals surface area contributed by atoms with E-state index in [1.54, 1.807) is 13.1 Å². The van der Waals surface area contributed by atoms with Crippen molar-refractivity contribution < 1.29 is 9.18 Å². The number of carbonyl (C=O) groups is 1. The van der Waals surface area contributed by atoms with Gasteiger partial charge in [-0.3, -0.25) is 9.89 Å². The molecule has 1 amide bonds. The van der Waals surface area contributed by atoms with E-state index in [2.05, 4.69) is 42.6 Å². The summed E-state index contributed by atoms with van der Waals surface area (Å²) in [5, 5.41) is 13.0. The maximum Gasteiger partial charge on any atom is 0.225 e. The third-order valence-corrected chi connectivity index (χ3v) is 6.73. The highest BCUT2D eigenvalue weighted by Gasteiger charge is 2.31. The Balaban J connectivity index is 1.41. The van der Waals surface area contributed by atoms with Crippen molar-refractivity contribution in [1.82, 2.24) is 25.5 Å². The van der Waals surface area contributed by atoms with E-state index >= 15 is 0 Å². The van der Waals surface area contributed by atoms with E-state index in [-0.39, 0.29) is 29.1 Å². The van der Waals surface area contributed by atoms with Crippen LogP contribution in [0.15, 0.2) is 48.5 Å². The summed E-state index contributed by atoms with van der Waals surface area (Å²) in [6.07, 6.45) is 1.66. The van der Waals surface area contributed by atoms with Gasteiger partial charge in [-0.1, -0.05) is 30.3 Å². The van der Waals surface area contributed by atoms with E-state index < -0.39 is 5.82 Å². The second kappa shape index (κ2) is 9.80. The van der Waals surface area contributed by atoms with Crippen LogP contribution in [0, 0.1) is 11.7 Å². The fourth-order valence-electron chi connectivity index (χ4n) is 4.69. The number of aromatic amines is 1. The molecule has 0 aliphatic carbocycles. The lowest BCUT2D eigenvalue weighted by atomic mass is 9.92. The summed E-state index contributed by atoms with van der Waals surface area (Å²) >= 11 is 0. The number of piperidine rings is 1. The van der Waals surface area contributed by atoms with Crippen LogP contribution in [0.3, 0.4) is 0 Å². The Hall–Kier alpha value is -4.21. The molecule has 9 nitrogen and oxygen atoms in total. The van der Waals surface area contributed by atoms with E-state index in [4.69, 9.17) is 5.73 Å². The molecular formula is C26H29FN8O. The zero-order chi connectivity index (χ0) is 25.2. The van der Waals surface area contributed by atoms with Gasteiger partial charge in [0, 0.05) is 37.8 Å². The van der Waals surface area contributed by atoms with Crippen LogP contribution in [0.4, 0.5) is 22.0 Å². The van der Waals surface area contributed by atoms with Crippen LogP contribution >= 0.6 is 0 Å². The van der Waals surface area contributed by atoms with Gasteiger partial charge in [0.1, 0.15) is 11.6 Å². The number of anilines is 3. The lowest BCUT2D eigenvalue weighted by molar-refractivity contribution is -0.125. The van der Waals surface area contributed by atoms with Crippen molar-refractivity contribution in [2.45, 2.75) is 32.4 Å². The Bertz CT molecular complexity index is 1390. The molecule has 2 unspecified atom stereocenters. The average Bonchev–Trinajstić information content (AvgIpc) is 3.28. The summed E-state index contributed by atoms with van der Waals surface area (Å²) in [4.78, 5) is 24.3. The number of fused-ring (bicyclic) bond motifs is 1. The number of carbonyl (C=O) groups excluding carboxylic acids is 1. The van der Waals surface area contributed by atoms with E-state index in [9.17, 15) is 9.18 Å². The molecule has 4 aromatic rings. The standard InChI is InChI=1S/C26H29FN8O/c1-15-8-9-17(25(36)30-13-16-6-4-3-5-7-16)14-35(15)22-12-20(31-26(29-2)32-22)18-10-19(27)23-21(11-18)33-34-24(23)28/h3-7,10-12,15,17H,8-9,13-14H2,1-2H3,(H,30,36)(H3,28,33,34)(H,29,31,32). The van der Waals surface area contributed by atoms with Gasteiger partial charge in [0.15, 0.2) is 5.82 Å². The lowest BCUT2D eigenvalue weighted by Gasteiger charge is -2.38.